The minimum Gasteiger partial charge on any atom is -0.493 e. The molecule has 4 nitrogen and oxygen atoms in total. The Bertz CT molecular complexity index is 835. The van der Waals surface area contributed by atoms with Gasteiger partial charge in [-0.2, -0.15) is 0 Å². The number of hydrogen-bond acceptors (Lipinski definition) is 4. The summed E-state index contributed by atoms with van der Waals surface area (Å²) in [5, 5.41) is 0. The fourth-order valence-corrected chi connectivity index (χ4v) is 3.55. The average Bonchev–Trinajstić information content (AvgIpc) is 2.90. The molecular weight excluding hydrogens is 391 g/mol. The summed E-state index contributed by atoms with van der Waals surface area (Å²) in [5.41, 5.74) is 1.65. The molecule has 0 aromatic heterocycles. The quantitative estimate of drug-likeness (QED) is 0.707. The number of carbonyl (C=O) groups excluding carboxylic acids is 1. The highest BCUT2D eigenvalue weighted by atomic mass is 79.9. The minimum atomic E-state index is -0.354. The van der Waals surface area contributed by atoms with Crippen LogP contribution >= 0.6 is 15.9 Å². The van der Waals surface area contributed by atoms with E-state index in [2.05, 4.69) is 15.9 Å². The maximum absolute atomic E-state index is 14.1. The molecule has 1 aliphatic carbocycles. The Morgan fingerprint density at radius 1 is 1.16 bits per heavy atom. The molecule has 0 bridgehead atoms. The Labute approximate surface area is 154 Å². The molecular formula is C19H18BrFO4. The maximum Gasteiger partial charge on any atom is 0.167 e. The van der Waals surface area contributed by atoms with Gasteiger partial charge in [0, 0.05) is 22.0 Å². The maximum atomic E-state index is 14.1. The molecule has 0 aliphatic heterocycles. The summed E-state index contributed by atoms with van der Waals surface area (Å²) < 4.78 is 31.3. The number of carbonyl (C=O) groups is 1. The number of Topliss-reactive ketones (excluding diaryl/α,β-unsaturated/α-hetero) is 1. The third-order valence-electron chi connectivity index (χ3n) is 4.35. The van der Waals surface area contributed by atoms with E-state index in [1.54, 1.807) is 26.4 Å². The summed E-state index contributed by atoms with van der Waals surface area (Å²) in [6, 6.07) is 6.46. The van der Waals surface area contributed by atoms with Crippen LogP contribution < -0.4 is 14.2 Å². The average molecular weight is 409 g/mol. The molecule has 2 aromatic carbocycles. The number of hydrogen-bond donors (Lipinski definition) is 0. The lowest BCUT2D eigenvalue weighted by atomic mass is 10.0. The molecule has 6 heteroatoms. The van der Waals surface area contributed by atoms with Crippen molar-refractivity contribution in [2.45, 2.75) is 25.9 Å². The topological polar surface area (TPSA) is 44.8 Å². The molecule has 1 aliphatic rings. The zero-order valence-corrected chi connectivity index (χ0v) is 15.8. The van der Waals surface area contributed by atoms with Crippen molar-refractivity contribution in [3.63, 3.8) is 0 Å². The number of ether oxygens (including phenoxy) is 3. The molecule has 0 amide bonds. The molecule has 25 heavy (non-hydrogen) atoms. The number of halogens is 2. The predicted molar refractivity (Wildman–Crippen MR) is 95.3 cm³/mol. The van der Waals surface area contributed by atoms with Crippen molar-refractivity contribution in [3.05, 3.63) is 51.2 Å². The third kappa shape index (κ3) is 3.23. The smallest absolute Gasteiger partial charge is 0.167 e. The van der Waals surface area contributed by atoms with Crippen LogP contribution in [0.25, 0.3) is 0 Å². The Kier molecular flexibility index (Phi) is 4.99. The van der Waals surface area contributed by atoms with Gasteiger partial charge in [0.05, 0.1) is 19.8 Å². The first-order chi connectivity index (χ1) is 12.0. The standard InChI is InChI=1S/C19H18BrFO4/c1-10-6-14(22)19-15(5-4-13(21)18(10)19)25-9-11-7-16(23-2)17(24-3)8-12(11)20/h4-5,7-8,10H,6,9H2,1-3H3. The second-order valence-electron chi connectivity index (χ2n) is 5.95. The Balaban J connectivity index is 1.90. The van der Waals surface area contributed by atoms with Crippen molar-refractivity contribution >= 4 is 21.7 Å². The van der Waals surface area contributed by atoms with Gasteiger partial charge < -0.3 is 14.2 Å². The zero-order chi connectivity index (χ0) is 18.1. The van der Waals surface area contributed by atoms with Crippen molar-refractivity contribution in [1.82, 2.24) is 0 Å². The molecule has 132 valence electrons. The zero-order valence-electron chi connectivity index (χ0n) is 14.2. The van der Waals surface area contributed by atoms with Crippen LogP contribution in [0.3, 0.4) is 0 Å². The van der Waals surface area contributed by atoms with Gasteiger partial charge in [-0.3, -0.25) is 4.79 Å². The van der Waals surface area contributed by atoms with Gasteiger partial charge in [0.1, 0.15) is 18.2 Å². The predicted octanol–water partition coefficient (Wildman–Crippen LogP) is 4.87. The van der Waals surface area contributed by atoms with Crippen LogP contribution in [0.2, 0.25) is 0 Å². The van der Waals surface area contributed by atoms with E-state index >= 15 is 0 Å². The van der Waals surface area contributed by atoms with E-state index < -0.39 is 0 Å². The van der Waals surface area contributed by atoms with E-state index in [4.69, 9.17) is 14.2 Å². The largest absolute Gasteiger partial charge is 0.493 e. The van der Waals surface area contributed by atoms with Crippen LogP contribution in [0.1, 0.15) is 40.7 Å². The van der Waals surface area contributed by atoms with E-state index in [1.807, 2.05) is 6.92 Å². The highest BCUT2D eigenvalue weighted by Crippen LogP contribution is 2.40. The van der Waals surface area contributed by atoms with Gasteiger partial charge in [0.25, 0.3) is 0 Å². The number of rotatable bonds is 5. The first-order valence-corrected chi connectivity index (χ1v) is 8.64. The van der Waals surface area contributed by atoms with E-state index in [0.29, 0.717) is 34.8 Å². The van der Waals surface area contributed by atoms with E-state index in [9.17, 15) is 9.18 Å². The van der Waals surface area contributed by atoms with Crippen molar-refractivity contribution in [2.75, 3.05) is 14.2 Å². The van der Waals surface area contributed by atoms with Crippen LogP contribution in [0.4, 0.5) is 4.39 Å². The first-order valence-electron chi connectivity index (χ1n) is 7.85. The summed E-state index contributed by atoms with van der Waals surface area (Å²) >= 11 is 3.48. The highest BCUT2D eigenvalue weighted by molar-refractivity contribution is 9.10. The van der Waals surface area contributed by atoms with Crippen LogP contribution in [0.15, 0.2) is 28.7 Å². The molecule has 0 heterocycles. The monoisotopic (exact) mass is 408 g/mol. The summed E-state index contributed by atoms with van der Waals surface area (Å²) in [4.78, 5) is 12.2. The second kappa shape index (κ2) is 7.04. The van der Waals surface area contributed by atoms with E-state index in [0.717, 1.165) is 10.0 Å². The van der Waals surface area contributed by atoms with Gasteiger partial charge >= 0.3 is 0 Å². The molecule has 0 saturated carbocycles. The Morgan fingerprint density at radius 2 is 1.84 bits per heavy atom. The molecule has 0 radical (unpaired) electrons. The number of fused-ring (bicyclic) bond motifs is 1. The number of methoxy groups -OCH3 is 2. The van der Waals surface area contributed by atoms with Gasteiger partial charge in [-0.1, -0.05) is 22.9 Å². The molecule has 0 N–H and O–H groups in total. The van der Waals surface area contributed by atoms with Crippen LogP contribution in [0, 0.1) is 5.82 Å². The fraction of sp³-hybridized carbons (Fsp3) is 0.316. The SMILES string of the molecule is COc1cc(Br)c(COc2ccc(F)c3c2C(=O)CC3C)cc1OC. The van der Waals surface area contributed by atoms with Gasteiger partial charge in [0.15, 0.2) is 17.3 Å². The van der Waals surface area contributed by atoms with Gasteiger partial charge in [-0.05, 0) is 30.2 Å². The van der Waals surface area contributed by atoms with Crippen molar-refractivity contribution in [3.8, 4) is 17.2 Å². The van der Waals surface area contributed by atoms with Gasteiger partial charge in [-0.25, -0.2) is 4.39 Å². The van der Waals surface area contributed by atoms with E-state index in [-0.39, 0.29) is 24.1 Å². The molecule has 0 saturated heterocycles. The minimum absolute atomic E-state index is 0.0802. The number of ketones is 1. The normalized spacial score (nSPS) is 15.9. The van der Waals surface area contributed by atoms with Crippen LogP contribution in [-0.2, 0) is 6.61 Å². The summed E-state index contributed by atoms with van der Waals surface area (Å²) in [6.07, 6.45) is 0.312. The summed E-state index contributed by atoms with van der Waals surface area (Å²) in [5.74, 6) is 1.03. The Hall–Kier alpha value is -2.08. The molecule has 0 fully saturated rings. The number of benzene rings is 2. The van der Waals surface area contributed by atoms with Crippen molar-refractivity contribution < 1.29 is 23.4 Å². The molecule has 1 atom stereocenters. The lowest BCUT2D eigenvalue weighted by Gasteiger charge is -2.14. The van der Waals surface area contributed by atoms with Crippen molar-refractivity contribution in [1.29, 1.82) is 0 Å². The molecule has 0 spiro atoms. The van der Waals surface area contributed by atoms with Crippen molar-refractivity contribution in [2.24, 2.45) is 0 Å². The first kappa shape index (κ1) is 17.7. The van der Waals surface area contributed by atoms with Gasteiger partial charge in [-0.15, -0.1) is 0 Å². The summed E-state index contributed by atoms with van der Waals surface area (Å²) in [7, 11) is 3.12. The van der Waals surface area contributed by atoms with Gasteiger partial charge in [0.2, 0.25) is 0 Å². The van der Waals surface area contributed by atoms with E-state index in [1.165, 1.54) is 12.1 Å². The Morgan fingerprint density at radius 3 is 2.52 bits per heavy atom. The molecule has 1 unspecified atom stereocenters. The fourth-order valence-electron chi connectivity index (χ4n) is 3.11. The lowest BCUT2D eigenvalue weighted by Crippen LogP contribution is -2.04. The molecule has 3 rings (SSSR count). The highest BCUT2D eigenvalue weighted by Gasteiger charge is 2.32. The second-order valence-corrected chi connectivity index (χ2v) is 6.80. The van der Waals surface area contributed by atoms with Crippen LogP contribution in [-0.4, -0.2) is 20.0 Å². The van der Waals surface area contributed by atoms with Crippen LogP contribution in [0.5, 0.6) is 17.2 Å². The summed E-state index contributed by atoms with van der Waals surface area (Å²) in [6.45, 7) is 2.06. The molecule has 2 aromatic rings. The third-order valence-corrected chi connectivity index (χ3v) is 5.09. The lowest BCUT2D eigenvalue weighted by molar-refractivity contribution is 0.0986.